The first kappa shape index (κ1) is 14.7. The lowest BCUT2D eigenvalue weighted by Gasteiger charge is -2.32. The maximum absolute atomic E-state index is 12.8. The molecule has 0 aromatic heterocycles. The minimum absolute atomic E-state index is 0.195. The fourth-order valence-corrected chi connectivity index (χ4v) is 4.15. The van der Waals surface area contributed by atoms with Gasteiger partial charge in [-0.25, -0.2) is 13.2 Å². The molecule has 22 heavy (non-hydrogen) atoms. The van der Waals surface area contributed by atoms with Crippen molar-refractivity contribution in [1.82, 2.24) is 4.31 Å². The van der Waals surface area contributed by atoms with E-state index in [1.165, 1.54) is 22.5 Å². The Balaban J connectivity index is 2.06. The molecule has 112 valence electrons. The van der Waals surface area contributed by atoms with E-state index in [0.29, 0.717) is 6.42 Å². The predicted octanol–water partition coefficient (Wildman–Crippen LogP) is 2.10. The highest BCUT2D eigenvalue weighted by atomic mass is 32.2. The van der Waals surface area contributed by atoms with Crippen molar-refractivity contribution in [2.45, 2.75) is 24.0 Å². The second kappa shape index (κ2) is 5.85. The zero-order chi connectivity index (χ0) is 15.6. The molecule has 2 aromatic rings. The molecule has 0 fully saturated rings. The molecule has 0 saturated heterocycles. The van der Waals surface area contributed by atoms with E-state index in [4.69, 9.17) is 0 Å². The normalized spacial score (nSPS) is 18.3. The Hall–Kier alpha value is -2.27. The zero-order valence-electron chi connectivity index (χ0n) is 11.7. The minimum atomic E-state index is -3.72. The van der Waals surface area contributed by atoms with Gasteiger partial charge in [0.25, 0.3) is 0 Å². The van der Waals surface area contributed by atoms with Crippen molar-refractivity contribution in [3.05, 3.63) is 65.7 Å². The molecule has 6 heteroatoms. The van der Waals surface area contributed by atoms with Crippen LogP contribution in [0.5, 0.6) is 0 Å². The van der Waals surface area contributed by atoms with Crippen LogP contribution in [0.25, 0.3) is 0 Å². The van der Waals surface area contributed by atoms with Gasteiger partial charge in [0.05, 0.1) is 4.90 Å². The van der Waals surface area contributed by atoms with E-state index in [-0.39, 0.29) is 11.4 Å². The van der Waals surface area contributed by atoms with Crippen molar-refractivity contribution >= 4 is 16.1 Å². The first-order chi connectivity index (χ1) is 10.6. The van der Waals surface area contributed by atoms with Crippen LogP contribution in [0.4, 0.5) is 0 Å². The Kier molecular flexibility index (Phi) is 3.90. The third-order valence-corrected chi connectivity index (χ3v) is 5.59. The van der Waals surface area contributed by atoms with Crippen LogP contribution in [-0.2, 0) is 27.8 Å². The molecule has 0 radical (unpaired) electrons. The van der Waals surface area contributed by atoms with Gasteiger partial charge in [0.2, 0.25) is 16.1 Å². The molecule has 3 rings (SSSR count). The van der Waals surface area contributed by atoms with Crippen molar-refractivity contribution in [3.63, 3.8) is 0 Å². The van der Waals surface area contributed by atoms with E-state index in [2.05, 4.69) is 4.99 Å². The molecular formula is C16H14N2O3S. The molecule has 0 aliphatic carbocycles. The van der Waals surface area contributed by atoms with E-state index in [0.717, 1.165) is 11.1 Å². The third kappa shape index (κ3) is 2.60. The van der Waals surface area contributed by atoms with Gasteiger partial charge in [-0.3, -0.25) is 0 Å². The van der Waals surface area contributed by atoms with Crippen molar-refractivity contribution in [2.24, 2.45) is 4.99 Å². The van der Waals surface area contributed by atoms with E-state index >= 15 is 0 Å². The van der Waals surface area contributed by atoms with Gasteiger partial charge >= 0.3 is 0 Å². The summed E-state index contributed by atoms with van der Waals surface area (Å²) in [6.07, 6.45) is 1.11. The molecule has 1 atom stereocenters. The van der Waals surface area contributed by atoms with E-state index in [9.17, 15) is 13.2 Å². The van der Waals surface area contributed by atoms with Gasteiger partial charge in [0.15, 0.2) is 0 Å². The SMILES string of the molecule is O=C=NC1Cc2ccccc2CN1S(=O)(=O)c1ccccc1. The molecule has 1 heterocycles. The molecule has 0 bridgehead atoms. The highest BCUT2D eigenvalue weighted by Gasteiger charge is 2.35. The minimum Gasteiger partial charge on any atom is -0.211 e. The number of hydrogen-bond donors (Lipinski definition) is 0. The van der Waals surface area contributed by atoms with Crippen LogP contribution in [0, 0.1) is 0 Å². The molecule has 0 spiro atoms. The smallest absolute Gasteiger partial charge is 0.211 e. The molecule has 0 saturated carbocycles. The summed E-state index contributed by atoms with van der Waals surface area (Å²) in [4.78, 5) is 14.6. The second-order valence-electron chi connectivity index (χ2n) is 5.04. The Morgan fingerprint density at radius 1 is 1.00 bits per heavy atom. The Morgan fingerprint density at radius 2 is 1.64 bits per heavy atom. The highest BCUT2D eigenvalue weighted by molar-refractivity contribution is 7.89. The average molecular weight is 314 g/mol. The fraction of sp³-hybridized carbons (Fsp3) is 0.188. The summed E-state index contributed by atoms with van der Waals surface area (Å²) < 4.78 is 26.9. The lowest BCUT2D eigenvalue weighted by atomic mass is 9.99. The van der Waals surface area contributed by atoms with Gasteiger partial charge in [-0.1, -0.05) is 42.5 Å². The number of rotatable bonds is 3. The Labute approximate surface area is 129 Å². The van der Waals surface area contributed by atoms with Crippen LogP contribution < -0.4 is 0 Å². The van der Waals surface area contributed by atoms with Crippen molar-refractivity contribution < 1.29 is 13.2 Å². The summed E-state index contributed by atoms with van der Waals surface area (Å²) in [6.45, 7) is 0.198. The van der Waals surface area contributed by atoms with Crippen LogP contribution in [0.3, 0.4) is 0 Å². The molecule has 0 N–H and O–H groups in total. The summed E-state index contributed by atoms with van der Waals surface area (Å²) in [5.74, 6) is 0. The van der Waals surface area contributed by atoms with E-state index < -0.39 is 16.2 Å². The second-order valence-corrected chi connectivity index (χ2v) is 6.93. The number of carbonyl (C=O) groups excluding carboxylic acids is 1. The number of sulfonamides is 1. The van der Waals surface area contributed by atoms with Crippen molar-refractivity contribution in [1.29, 1.82) is 0 Å². The summed E-state index contributed by atoms with van der Waals surface area (Å²) in [5.41, 5.74) is 1.94. The molecule has 5 nitrogen and oxygen atoms in total. The van der Waals surface area contributed by atoms with E-state index in [1.807, 2.05) is 24.3 Å². The average Bonchev–Trinajstić information content (AvgIpc) is 2.55. The lowest BCUT2D eigenvalue weighted by Crippen LogP contribution is -2.43. The van der Waals surface area contributed by atoms with Crippen LogP contribution >= 0.6 is 0 Å². The number of nitrogens with zero attached hydrogens (tertiary/aromatic N) is 2. The summed E-state index contributed by atoms with van der Waals surface area (Å²) >= 11 is 0. The van der Waals surface area contributed by atoms with Crippen molar-refractivity contribution in [3.8, 4) is 0 Å². The highest BCUT2D eigenvalue weighted by Crippen LogP contribution is 2.29. The van der Waals surface area contributed by atoms with Crippen LogP contribution in [-0.4, -0.2) is 25.0 Å². The maximum atomic E-state index is 12.8. The summed E-state index contributed by atoms with van der Waals surface area (Å²) in [7, 11) is -3.72. The number of aliphatic imine (C=N–C) groups is 1. The summed E-state index contributed by atoms with van der Waals surface area (Å²) in [6, 6.07) is 15.8. The molecular weight excluding hydrogens is 300 g/mol. The molecule has 1 aliphatic heterocycles. The zero-order valence-corrected chi connectivity index (χ0v) is 12.5. The maximum Gasteiger partial charge on any atom is 0.245 e. The number of isocyanates is 1. The standard InChI is InChI=1S/C16H14N2O3S/c19-12-17-16-10-13-6-4-5-7-14(13)11-18(16)22(20,21)15-8-2-1-3-9-15/h1-9,16H,10-11H2. The topological polar surface area (TPSA) is 66.8 Å². The lowest BCUT2D eigenvalue weighted by molar-refractivity contribution is 0.299. The largest absolute Gasteiger partial charge is 0.245 e. The van der Waals surface area contributed by atoms with Gasteiger partial charge in [0.1, 0.15) is 6.17 Å². The number of benzene rings is 2. The van der Waals surface area contributed by atoms with Crippen molar-refractivity contribution in [2.75, 3.05) is 0 Å². The van der Waals surface area contributed by atoms with Gasteiger partial charge in [-0.15, -0.1) is 0 Å². The molecule has 1 unspecified atom stereocenters. The predicted molar refractivity (Wildman–Crippen MR) is 81.2 cm³/mol. The Morgan fingerprint density at radius 3 is 2.32 bits per heavy atom. The quantitative estimate of drug-likeness (QED) is 0.643. The summed E-state index contributed by atoms with van der Waals surface area (Å²) in [5, 5.41) is 0. The third-order valence-electron chi connectivity index (χ3n) is 3.73. The van der Waals surface area contributed by atoms with Gasteiger partial charge < -0.3 is 0 Å². The van der Waals surface area contributed by atoms with Crippen LogP contribution in [0.1, 0.15) is 11.1 Å². The molecule has 1 aliphatic rings. The van der Waals surface area contributed by atoms with Gasteiger partial charge in [-0.05, 0) is 23.3 Å². The number of hydrogen-bond acceptors (Lipinski definition) is 4. The van der Waals surface area contributed by atoms with Gasteiger partial charge in [-0.2, -0.15) is 9.30 Å². The monoisotopic (exact) mass is 314 g/mol. The van der Waals surface area contributed by atoms with Gasteiger partial charge in [0, 0.05) is 13.0 Å². The van der Waals surface area contributed by atoms with Crippen LogP contribution in [0.15, 0.2) is 64.5 Å². The van der Waals surface area contributed by atoms with E-state index in [1.54, 1.807) is 18.2 Å². The first-order valence-electron chi connectivity index (χ1n) is 6.83. The number of fused-ring (bicyclic) bond motifs is 1. The molecule has 0 amide bonds. The fourth-order valence-electron chi connectivity index (χ4n) is 2.63. The Bertz CT molecular complexity index is 827. The molecule has 2 aromatic carbocycles. The first-order valence-corrected chi connectivity index (χ1v) is 8.27. The van der Waals surface area contributed by atoms with Crippen LogP contribution in [0.2, 0.25) is 0 Å².